The van der Waals surface area contributed by atoms with Gasteiger partial charge in [0, 0.05) is 16.5 Å². The summed E-state index contributed by atoms with van der Waals surface area (Å²) in [5.74, 6) is 0.842. The first-order valence-electron chi connectivity index (χ1n) is 7.71. The van der Waals surface area contributed by atoms with Crippen molar-refractivity contribution in [3.63, 3.8) is 0 Å². The van der Waals surface area contributed by atoms with Gasteiger partial charge < -0.3 is 9.47 Å². The Balaban J connectivity index is 1.99. The van der Waals surface area contributed by atoms with E-state index in [1.54, 1.807) is 38.5 Å². The van der Waals surface area contributed by atoms with Gasteiger partial charge in [-0.15, -0.1) is 11.3 Å². The number of thiazole rings is 1. The normalized spacial score (nSPS) is 11.1. The van der Waals surface area contributed by atoms with Crippen LogP contribution in [0.25, 0.3) is 22.9 Å². The summed E-state index contributed by atoms with van der Waals surface area (Å²) < 4.78 is 23.8. The lowest BCUT2D eigenvalue weighted by Crippen LogP contribution is -1.93. The van der Waals surface area contributed by atoms with Crippen molar-refractivity contribution >= 4 is 23.0 Å². The van der Waals surface area contributed by atoms with Crippen molar-refractivity contribution in [3.05, 3.63) is 64.2 Å². The van der Waals surface area contributed by atoms with Crippen molar-refractivity contribution in [2.45, 2.75) is 0 Å². The number of halogens is 1. The summed E-state index contributed by atoms with van der Waals surface area (Å²) in [4.78, 5) is 4.51. The Morgan fingerprint density at radius 2 is 1.92 bits per heavy atom. The molecule has 2 aromatic carbocycles. The van der Waals surface area contributed by atoms with E-state index >= 15 is 0 Å². The van der Waals surface area contributed by atoms with Crippen molar-refractivity contribution in [3.8, 4) is 28.8 Å². The molecule has 0 aliphatic carbocycles. The first kappa shape index (κ1) is 17.6. The van der Waals surface area contributed by atoms with E-state index in [9.17, 15) is 9.65 Å². The molecular formula is C20H15FN2O2S. The smallest absolute Gasteiger partial charge is 0.167 e. The molecule has 0 aliphatic heterocycles. The van der Waals surface area contributed by atoms with Gasteiger partial charge in [-0.3, -0.25) is 0 Å². The minimum Gasteiger partial charge on any atom is -0.493 e. The molecule has 0 atom stereocenters. The van der Waals surface area contributed by atoms with E-state index in [0.29, 0.717) is 27.8 Å². The minimum atomic E-state index is -0.299. The largest absolute Gasteiger partial charge is 0.493 e. The van der Waals surface area contributed by atoms with Crippen LogP contribution in [0.1, 0.15) is 10.6 Å². The molecular weight excluding hydrogens is 351 g/mol. The molecule has 3 aromatic rings. The summed E-state index contributed by atoms with van der Waals surface area (Å²) in [7, 11) is 3.11. The molecule has 0 fully saturated rings. The van der Waals surface area contributed by atoms with Crippen LogP contribution in [0.3, 0.4) is 0 Å². The lowest BCUT2D eigenvalue weighted by molar-refractivity contribution is 0.354. The highest BCUT2D eigenvalue weighted by atomic mass is 32.1. The van der Waals surface area contributed by atoms with E-state index < -0.39 is 0 Å². The van der Waals surface area contributed by atoms with Crippen LogP contribution in [-0.4, -0.2) is 19.2 Å². The third-order valence-corrected chi connectivity index (χ3v) is 4.60. The zero-order chi connectivity index (χ0) is 18.5. The van der Waals surface area contributed by atoms with Crippen molar-refractivity contribution in [2.75, 3.05) is 14.2 Å². The molecule has 1 heterocycles. The maximum atomic E-state index is 13.1. The fourth-order valence-corrected chi connectivity index (χ4v) is 3.27. The minimum absolute atomic E-state index is 0.299. The zero-order valence-corrected chi connectivity index (χ0v) is 15.0. The molecule has 0 unspecified atom stereocenters. The van der Waals surface area contributed by atoms with Gasteiger partial charge in [0.2, 0.25) is 0 Å². The summed E-state index contributed by atoms with van der Waals surface area (Å²) >= 11 is 1.36. The summed E-state index contributed by atoms with van der Waals surface area (Å²) in [5.41, 5.74) is 2.63. The van der Waals surface area contributed by atoms with Crippen LogP contribution >= 0.6 is 11.3 Å². The highest BCUT2D eigenvalue weighted by Gasteiger charge is 2.12. The van der Waals surface area contributed by atoms with Gasteiger partial charge in [-0.05, 0) is 36.4 Å². The van der Waals surface area contributed by atoms with Crippen LogP contribution in [0.5, 0.6) is 11.5 Å². The van der Waals surface area contributed by atoms with Crippen LogP contribution < -0.4 is 9.47 Å². The number of aromatic nitrogens is 1. The molecule has 0 N–H and O–H groups in total. The van der Waals surface area contributed by atoms with Crippen LogP contribution in [0.4, 0.5) is 4.39 Å². The molecule has 130 valence electrons. The summed E-state index contributed by atoms with van der Waals surface area (Å²) in [6, 6.07) is 13.7. The van der Waals surface area contributed by atoms with Crippen molar-refractivity contribution in [1.29, 1.82) is 5.26 Å². The van der Waals surface area contributed by atoms with E-state index in [4.69, 9.17) is 9.47 Å². The van der Waals surface area contributed by atoms with Gasteiger partial charge in [-0.1, -0.05) is 12.1 Å². The molecule has 0 aliphatic rings. The van der Waals surface area contributed by atoms with Crippen LogP contribution in [0, 0.1) is 17.1 Å². The number of hydrogen-bond donors (Lipinski definition) is 0. The van der Waals surface area contributed by atoms with E-state index in [2.05, 4.69) is 11.1 Å². The van der Waals surface area contributed by atoms with Gasteiger partial charge in [-0.2, -0.15) is 5.26 Å². The number of methoxy groups -OCH3 is 2. The molecule has 4 nitrogen and oxygen atoms in total. The Morgan fingerprint density at radius 1 is 1.15 bits per heavy atom. The van der Waals surface area contributed by atoms with Gasteiger partial charge in [0.15, 0.2) is 11.5 Å². The van der Waals surface area contributed by atoms with E-state index in [1.165, 1.54) is 23.5 Å². The molecule has 1 aromatic heterocycles. The molecule has 0 saturated carbocycles. The summed E-state index contributed by atoms with van der Waals surface area (Å²) in [6.45, 7) is 0. The predicted octanol–water partition coefficient (Wildman–Crippen LogP) is 5.03. The third-order valence-electron chi connectivity index (χ3n) is 3.73. The van der Waals surface area contributed by atoms with Crippen LogP contribution in [0.15, 0.2) is 47.8 Å². The van der Waals surface area contributed by atoms with Gasteiger partial charge in [-0.25, -0.2) is 9.37 Å². The fraction of sp³-hybridized carbons (Fsp3) is 0.100. The van der Waals surface area contributed by atoms with E-state index in [0.717, 1.165) is 11.1 Å². The Labute approximate surface area is 154 Å². The van der Waals surface area contributed by atoms with E-state index in [-0.39, 0.29) is 5.82 Å². The Morgan fingerprint density at radius 3 is 2.58 bits per heavy atom. The maximum absolute atomic E-state index is 13.1. The lowest BCUT2D eigenvalue weighted by atomic mass is 10.1. The fourth-order valence-electron chi connectivity index (χ4n) is 2.47. The first-order chi connectivity index (χ1) is 12.7. The SMILES string of the molecule is COc1cccc(/C=C(/C#N)c2nc(-c3ccc(F)cc3)cs2)c1OC. The number of hydrogen-bond acceptors (Lipinski definition) is 5. The molecule has 26 heavy (non-hydrogen) atoms. The quantitative estimate of drug-likeness (QED) is 0.594. The predicted molar refractivity (Wildman–Crippen MR) is 101 cm³/mol. The standard InChI is InChI=1S/C20H15FN2O2S/c1-24-18-5-3-4-14(19(18)25-2)10-15(11-22)20-23-17(12-26-20)13-6-8-16(21)9-7-13/h3-10,12H,1-2H3/b15-10-. The molecule has 3 rings (SSSR count). The maximum Gasteiger partial charge on any atom is 0.167 e. The number of para-hydroxylation sites is 1. The monoisotopic (exact) mass is 366 g/mol. The van der Waals surface area contributed by atoms with Crippen molar-refractivity contribution < 1.29 is 13.9 Å². The van der Waals surface area contributed by atoms with E-state index in [1.807, 2.05) is 17.5 Å². The number of nitrogens with zero attached hydrogens (tertiary/aromatic N) is 2. The molecule has 0 amide bonds. The molecule has 6 heteroatoms. The average Bonchev–Trinajstić information content (AvgIpc) is 3.16. The highest BCUT2D eigenvalue weighted by molar-refractivity contribution is 7.11. The van der Waals surface area contributed by atoms with Crippen molar-refractivity contribution in [1.82, 2.24) is 4.98 Å². The number of benzene rings is 2. The molecule has 0 bridgehead atoms. The lowest BCUT2D eigenvalue weighted by Gasteiger charge is -2.10. The summed E-state index contributed by atoms with van der Waals surface area (Å²) in [6.07, 6.45) is 1.72. The topological polar surface area (TPSA) is 55.1 Å². The van der Waals surface area contributed by atoms with Crippen molar-refractivity contribution in [2.24, 2.45) is 0 Å². The van der Waals surface area contributed by atoms with Gasteiger partial charge in [0.25, 0.3) is 0 Å². The Hall–Kier alpha value is -3.17. The average molecular weight is 366 g/mol. The molecule has 0 saturated heterocycles. The highest BCUT2D eigenvalue weighted by Crippen LogP contribution is 2.34. The molecule has 0 radical (unpaired) electrons. The third kappa shape index (κ3) is 3.58. The molecule has 0 spiro atoms. The van der Waals surface area contributed by atoms with Crippen LogP contribution in [0.2, 0.25) is 0 Å². The Kier molecular flexibility index (Phi) is 5.30. The summed E-state index contributed by atoms with van der Waals surface area (Å²) in [5, 5.41) is 12.0. The van der Waals surface area contributed by atoms with Gasteiger partial charge in [0.1, 0.15) is 16.9 Å². The number of ether oxygens (including phenoxy) is 2. The Bertz CT molecular complexity index is 988. The second-order valence-corrected chi connectivity index (χ2v) is 6.16. The number of nitriles is 1. The second-order valence-electron chi connectivity index (χ2n) is 5.30. The first-order valence-corrected chi connectivity index (χ1v) is 8.59. The van der Waals surface area contributed by atoms with Gasteiger partial charge in [0.05, 0.1) is 25.5 Å². The van der Waals surface area contributed by atoms with Crippen LogP contribution in [-0.2, 0) is 0 Å². The second kappa shape index (κ2) is 7.81. The van der Waals surface area contributed by atoms with Gasteiger partial charge >= 0.3 is 0 Å². The zero-order valence-electron chi connectivity index (χ0n) is 14.2. The number of rotatable bonds is 5. The number of allylic oxidation sites excluding steroid dienone is 1.